The molecule has 4 heterocycles. The second kappa shape index (κ2) is 7.87. The molecule has 0 spiro atoms. The van der Waals surface area contributed by atoms with Gasteiger partial charge in [0.15, 0.2) is 5.11 Å². The van der Waals surface area contributed by atoms with E-state index in [1.54, 1.807) is 12.7 Å². The first kappa shape index (κ1) is 20.4. The zero-order chi connectivity index (χ0) is 22.4. The van der Waals surface area contributed by atoms with E-state index in [0.29, 0.717) is 5.11 Å². The Hall–Kier alpha value is -3.52. The summed E-state index contributed by atoms with van der Waals surface area (Å²) in [5, 5.41) is 12.2. The monoisotopic (exact) mass is 443 g/mol. The lowest BCUT2D eigenvalue weighted by atomic mass is 9.96. The molecule has 162 valence electrons. The number of anilines is 1. The smallest absolute Gasteiger partial charge is 0.174 e. The van der Waals surface area contributed by atoms with Crippen molar-refractivity contribution in [3.8, 4) is 0 Å². The maximum Gasteiger partial charge on any atom is 0.174 e. The fraction of sp³-hybridized carbons (Fsp3) is 0.250. The van der Waals surface area contributed by atoms with Gasteiger partial charge in [0, 0.05) is 28.8 Å². The summed E-state index contributed by atoms with van der Waals surface area (Å²) in [6, 6.07) is 14.6. The van der Waals surface area contributed by atoms with Gasteiger partial charge in [-0.1, -0.05) is 12.1 Å². The molecule has 2 atom stereocenters. The summed E-state index contributed by atoms with van der Waals surface area (Å²) >= 11 is 5.87. The van der Waals surface area contributed by atoms with E-state index in [-0.39, 0.29) is 12.1 Å². The second-order valence-corrected chi connectivity index (χ2v) is 8.63. The number of benzene rings is 1. The molecule has 7 nitrogen and oxygen atoms in total. The zero-order valence-corrected chi connectivity index (χ0v) is 19.3. The summed E-state index contributed by atoms with van der Waals surface area (Å²) in [5.41, 5.74) is 7.90. The first-order valence-electron chi connectivity index (χ1n) is 10.6. The van der Waals surface area contributed by atoms with Gasteiger partial charge in [0.2, 0.25) is 0 Å². The Morgan fingerprint density at radius 1 is 0.938 bits per heavy atom. The van der Waals surface area contributed by atoms with Gasteiger partial charge in [-0.2, -0.15) is 0 Å². The number of aryl methyl sites for hydroxylation is 3. The van der Waals surface area contributed by atoms with Crippen molar-refractivity contribution in [1.82, 2.24) is 29.9 Å². The number of aromatic nitrogens is 5. The molecule has 32 heavy (non-hydrogen) atoms. The fourth-order valence-electron chi connectivity index (χ4n) is 4.56. The van der Waals surface area contributed by atoms with Crippen LogP contribution in [-0.4, -0.2) is 29.6 Å². The third-order valence-corrected chi connectivity index (χ3v) is 6.57. The highest BCUT2D eigenvalue weighted by Gasteiger charge is 2.42. The molecule has 1 N–H and O–H groups in total. The maximum atomic E-state index is 5.87. The van der Waals surface area contributed by atoms with E-state index in [1.165, 1.54) is 16.7 Å². The first-order valence-corrected chi connectivity index (χ1v) is 11.0. The Morgan fingerprint density at radius 3 is 2.41 bits per heavy atom. The van der Waals surface area contributed by atoms with Crippen LogP contribution in [0.2, 0.25) is 0 Å². The molecule has 3 aromatic heterocycles. The highest BCUT2D eigenvalue weighted by atomic mass is 32.1. The zero-order valence-electron chi connectivity index (χ0n) is 18.5. The second-order valence-electron chi connectivity index (χ2n) is 8.25. The lowest BCUT2D eigenvalue weighted by Gasteiger charge is -2.28. The van der Waals surface area contributed by atoms with Gasteiger partial charge in [0.05, 0.1) is 17.8 Å². The van der Waals surface area contributed by atoms with E-state index in [4.69, 9.17) is 12.2 Å². The largest absolute Gasteiger partial charge is 0.351 e. The van der Waals surface area contributed by atoms with Crippen LogP contribution in [0.5, 0.6) is 0 Å². The van der Waals surface area contributed by atoms with Gasteiger partial charge in [-0.3, -0.25) is 9.66 Å². The number of nitrogens with one attached hydrogen (secondary N) is 1. The Balaban J connectivity index is 1.69. The summed E-state index contributed by atoms with van der Waals surface area (Å²) in [5.74, 6) is 0. The minimum Gasteiger partial charge on any atom is -0.351 e. The van der Waals surface area contributed by atoms with Gasteiger partial charge in [0.25, 0.3) is 0 Å². The summed E-state index contributed by atoms with van der Waals surface area (Å²) in [6.07, 6.45) is 5.24. The van der Waals surface area contributed by atoms with Crippen LogP contribution in [0.25, 0.3) is 0 Å². The van der Waals surface area contributed by atoms with Crippen molar-refractivity contribution in [3.63, 3.8) is 0 Å². The Bertz CT molecular complexity index is 1280. The van der Waals surface area contributed by atoms with Gasteiger partial charge in [-0.15, -0.1) is 10.2 Å². The Morgan fingerprint density at radius 2 is 1.72 bits per heavy atom. The normalized spacial score (nSPS) is 18.2. The number of nitrogens with zero attached hydrogens (tertiary/aromatic N) is 6. The molecule has 0 radical (unpaired) electrons. The van der Waals surface area contributed by atoms with E-state index in [2.05, 4.69) is 88.1 Å². The van der Waals surface area contributed by atoms with Gasteiger partial charge in [-0.05, 0) is 81.4 Å². The predicted octanol–water partition coefficient (Wildman–Crippen LogP) is 4.20. The molecule has 1 aliphatic heterocycles. The molecule has 0 saturated carbocycles. The van der Waals surface area contributed by atoms with Crippen molar-refractivity contribution in [1.29, 1.82) is 0 Å². The minimum atomic E-state index is -0.0832. The van der Waals surface area contributed by atoms with Crippen LogP contribution in [0.1, 0.15) is 45.9 Å². The molecule has 1 aliphatic rings. The average molecular weight is 444 g/mol. The third kappa shape index (κ3) is 3.27. The molecule has 0 amide bonds. The van der Waals surface area contributed by atoms with E-state index in [0.717, 1.165) is 22.8 Å². The molecule has 1 aromatic carbocycles. The van der Waals surface area contributed by atoms with Crippen LogP contribution in [0.3, 0.4) is 0 Å². The lowest BCUT2D eigenvalue weighted by molar-refractivity contribution is 0.557. The minimum absolute atomic E-state index is 0.0593. The van der Waals surface area contributed by atoms with Gasteiger partial charge in [-0.25, -0.2) is 4.68 Å². The topological polar surface area (TPSA) is 63.8 Å². The molecule has 8 heteroatoms. The Kier molecular flexibility index (Phi) is 5.01. The third-order valence-electron chi connectivity index (χ3n) is 6.26. The van der Waals surface area contributed by atoms with Crippen molar-refractivity contribution in [2.24, 2.45) is 0 Å². The molecule has 0 bridgehead atoms. The van der Waals surface area contributed by atoms with Gasteiger partial charge < -0.3 is 10.2 Å². The fourth-order valence-corrected chi connectivity index (χ4v) is 4.90. The molecule has 1 saturated heterocycles. The summed E-state index contributed by atoms with van der Waals surface area (Å²) in [4.78, 5) is 6.88. The molecular weight excluding hydrogens is 418 g/mol. The molecule has 0 aliphatic carbocycles. The van der Waals surface area contributed by atoms with E-state index < -0.39 is 0 Å². The lowest BCUT2D eigenvalue weighted by Crippen LogP contribution is -2.29. The number of thiocarbonyl (C=S) groups is 1. The van der Waals surface area contributed by atoms with E-state index in [1.807, 2.05) is 23.0 Å². The summed E-state index contributed by atoms with van der Waals surface area (Å²) in [7, 11) is 0. The van der Waals surface area contributed by atoms with Crippen molar-refractivity contribution in [2.75, 3.05) is 4.90 Å². The standard InChI is InChI=1S/C24H25N7S/c1-15-8-9-19(11-16(15)2)30-23(22(28-24(30)32)21-7-5-6-10-25-21)20-12-17(3)31(18(20)4)29-13-26-27-14-29/h5-14,22-23H,1-4H3,(H,28,32)/t22-,23+/m1/s1. The Labute approximate surface area is 192 Å². The van der Waals surface area contributed by atoms with E-state index in [9.17, 15) is 0 Å². The van der Waals surface area contributed by atoms with Gasteiger partial charge >= 0.3 is 0 Å². The van der Waals surface area contributed by atoms with Crippen LogP contribution in [0.15, 0.2) is 61.3 Å². The van der Waals surface area contributed by atoms with E-state index >= 15 is 0 Å². The number of rotatable bonds is 4. The van der Waals surface area contributed by atoms with Crippen LogP contribution in [0.4, 0.5) is 5.69 Å². The molecule has 1 fully saturated rings. The number of hydrogen-bond donors (Lipinski definition) is 1. The van der Waals surface area contributed by atoms with Crippen LogP contribution < -0.4 is 10.2 Å². The van der Waals surface area contributed by atoms with Crippen LogP contribution in [-0.2, 0) is 0 Å². The number of pyridine rings is 1. The van der Waals surface area contributed by atoms with Crippen LogP contribution in [0, 0.1) is 27.7 Å². The maximum absolute atomic E-state index is 5.87. The van der Waals surface area contributed by atoms with Gasteiger partial charge in [0.1, 0.15) is 12.7 Å². The van der Waals surface area contributed by atoms with Crippen molar-refractivity contribution in [3.05, 3.63) is 95.1 Å². The predicted molar refractivity (Wildman–Crippen MR) is 129 cm³/mol. The summed E-state index contributed by atoms with van der Waals surface area (Å²) < 4.78 is 4.01. The first-order chi connectivity index (χ1) is 15.5. The van der Waals surface area contributed by atoms with Crippen molar-refractivity contribution < 1.29 is 0 Å². The average Bonchev–Trinajstić information content (AvgIpc) is 3.49. The van der Waals surface area contributed by atoms with Crippen molar-refractivity contribution >= 4 is 23.0 Å². The SMILES string of the molecule is Cc1ccc(N2C(=S)N[C@H](c3ccccn3)[C@@H]2c2cc(C)n(-n3cnnc3)c2C)cc1C. The molecule has 5 rings (SSSR count). The highest BCUT2D eigenvalue weighted by molar-refractivity contribution is 7.80. The number of hydrogen-bond acceptors (Lipinski definition) is 4. The van der Waals surface area contributed by atoms with Crippen LogP contribution >= 0.6 is 12.2 Å². The quantitative estimate of drug-likeness (QED) is 0.477. The van der Waals surface area contributed by atoms with Crippen molar-refractivity contribution in [2.45, 2.75) is 39.8 Å². The highest BCUT2D eigenvalue weighted by Crippen LogP contribution is 2.43. The molecule has 4 aromatic rings. The molecule has 0 unspecified atom stereocenters. The molecular formula is C24H25N7S. The summed E-state index contributed by atoms with van der Waals surface area (Å²) in [6.45, 7) is 8.47.